The molecule has 0 fully saturated rings. The number of hydrazone groups is 1. The van der Waals surface area contributed by atoms with Crippen LogP contribution in [-0.4, -0.2) is 17.9 Å². The molecule has 0 heterocycles. The topological polar surface area (TPSA) is 45.6 Å². The van der Waals surface area contributed by atoms with Crippen molar-refractivity contribution in [1.82, 2.24) is 5.43 Å². The van der Waals surface area contributed by atoms with Crippen LogP contribution in [0.1, 0.15) is 49.3 Å². The molecule has 27 heavy (non-hydrogen) atoms. The standard InChI is InChI=1S/C22H29N3OS/c1-4-5-6-7-14-26-20-12-10-19(11-13-20)16-23-25-22(27)24-21-15-17(2)8-9-18(21)3/h8-13,15-16H,4-7,14H2,1-3H3,(H2,24,25,27). The fourth-order valence-corrected chi connectivity index (χ4v) is 2.72. The van der Waals surface area contributed by atoms with Gasteiger partial charge >= 0.3 is 0 Å². The molecule has 0 aliphatic carbocycles. The molecule has 0 amide bonds. The fourth-order valence-electron chi connectivity index (χ4n) is 2.56. The van der Waals surface area contributed by atoms with Crippen molar-refractivity contribution in [3.05, 3.63) is 59.2 Å². The second-order valence-electron chi connectivity index (χ2n) is 6.62. The zero-order valence-corrected chi connectivity index (χ0v) is 17.2. The zero-order valence-electron chi connectivity index (χ0n) is 16.4. The highest BCUT2D eigenvalue weighted by Gasteiger charge is 2.01. The Kier molecular flexibility index (Phi) is 8.78. The Morgan fingerprint density at radius 1 is 1.07 bits per heavy atom. The Morgan fingerprint density at radius 3 is 2.59 bits per heavy atom. The number of unbranched alkanes of at least 4 members (excludes halogenated alkanes) is 3. The summed E-state index contributed by atoms with van der Waals surface area (Å²) in [6, 6.07) is 14.1. The monoisotopic (exact) mass is 383 g/mol. The van der Waals surface area contributed by atoms with E-state index >= 15 is 0 Å². The van der Waals surface area contributed by atoms with Gasteiger partial charge in [0.15, 0.2) is 5.11 Å². The highest BCUT2D eigenvalue weighted by Crippen LogP contribution is 2.16. The van der Waals surface area contributed by atoms with Gasteiger partial charge in [0.1, 0.15) is 5.75 Å². The molecule has 5 heteroatoms. The average molecular weight is 384 g/mol. The van der Waals surface area contributed by atoms with Crippen molar-refractivity contribution in [2.45, 2.75) is 46.5 Å². The molecule has 0 bridgehead atoms. The molecule has 0 unspecified atom stereocenters. The number of benzene rings is 2. The molecule has 0 aromatic heterocycles. The van der Waals surface area contributed by atoms with E-state index in [0.29, 0.717) is 5.11 Å². The minimum absolute atomic E-state index is 0.465. The zero-order chi connectivity index (χ0) is 19.5. The Bertz CT molecular complexity index is 757. The van der Waals surface area contributed by atoms with Gasteiger partial charge in [0.2, 0.25) is 0 Å². The van der Waals surface area contributed by atoms with Gasteiger partial charge in [-0.2, -0.15) is 5.10 Å². The third-order valence-corrected chi connectivity index (χ3v) is 4.36. The average Bonchev–Trinajstić information content (AvgIpc) is 2.66. The molecule has 144 valence electrons. The molecule has 2 aromatic rings. The molecule has 2 aromatic carbocycles. The summed E-state index contributed by atoms with van der Waals surface area (Å²) in [7, 11) is 0. The van der Waals surface area contributed by atoms with Gasteiger partial charge in [-0.25, -0.2) is 0 Å². The highest BCUT2D eigenvalue weighted by molar-refractivity contribution is 7.80. The summed E-state index contributed by atoms with van der Waals surface area (Å²) < 4.78 is 5.75. The van der Waals surface area contributed by atoms with Gasteiger partial charge in [-0.05, 0) is 79.5 Å². The summed E-state index contributed by atoms with van der Waals surface area (Å²) in [5.74, 6) is 0.892. The maximum atomic E-state index is 5.75. The van der Waals surface area contributed by atoms with E-state index in [1.165, 1.54) is 24.8 Å². The maximum Gasteiger partial charge on any atom is 0.191 e. The molecule has 0 aliphatic heterocycles. The third-order valence-electron chi connectivity index (χ3n) is 4.17. The smallest absolute Gasteiger partial charge is 0.191 e. The molecule has 0 radical (unpaired) electrons. The van der Waals surface area contributed by atoms with E-state index in [1.54, 1.807) is 6.21 Å². The van der Waals surface area contributed by atoms with E-state index in [-0.39, 0.29) is 0 Å². The van der Waals surface area contributed by atoms with Crippen LogP contribution >= 0.6 is 12.2 Å². The van der Waals surface area contributed by atoms with E-state index < -0.39 is 0 Å². The molecular formula is C22H29N3OS. The largest absolute Gasteiger partial charge is 0.494 e. The van der Waals surface area contributed by atoms with Crippen molar-refractivity contribution in [2.24, 2.45) is 5.10 Å². The fraction of sp³-hybridized carbons (Fsp3) is 0.364. The van der Waals surface area contributed by atoms with Crippen molar-refractivity contribution in [3.63, 3.8) is 0 Å². The minimum Gasteiger partial charge on any atom is -0.494 e. The first-order valence-electron chi connectivity index (χ1n) is 9.48. The van der Waals surface area contributed by atoms with Gasteiger partial charge in [0, 0.05) is 5.69 Å². The number of ether oxygens (including phenoxy) is 1. The number of hydrogen-bond acceptors (Lipinski definition) is 3. The molecule has 0 atom stereocenters. The molecule has 2 N–H and O–H groups in total. The van der Waals surface area contributed by atoms with Crippen LogP contribution in [0, 0.1) is 13.8 Å². The van der Waals surface area contributed by atoms with Crippen molar-refractivity contribution < 1.29 is 4.74 Å². The Labute approximate surface area is 168 Å². The molecule has 0 saturated carbocycles. The highest BCUT2D eigenvalue weighted by atomic mass is 32.1. The number of anilines is 1. The van der Waals surface area contributed by atoms with Crippen LogP contribution < -0.4 is 15.5 Å². The maximum absolute atomic E-state index is 5.75. The van der Waals surface area contributed by atoms with Crippen LogP contribution in [0.15, 0.2) is 47.6 Å². The van der Waals surface area contributed by atoms with Crippen molar-refractivity contribution in [3.8, 4) is 5.75 Å². The molecule has 2 rings (SSSR count). The summed E-state index contributed by atoms with van der Waals surface area (Å²) in [6.07, 6.45) is 6.58. The summed E-state index contributed by atoms with van der Waals surface area (Å²) in [4.78, 5) is 0. The van der Waals surface area contributed by atoms with Crippen LogP contribution in [0.3, 0.4) is 0 Å². The molecule has 0 saturated heterocycles. The van der Waals surface area contributed by atoms with Crippen LogP contribution in [0.2, 0.25) is 0 Å². The number of rotatable bonds is 9. The summed E-state index contributed by atoms with van der Waals surface area (Å²) >= 11 is 5.30. The van der Waals surface area contributed by atoms with Gasteiger partial charge in [-0.15, -0.1) is 0 Å². The van der Waals surface area contributed by atoms with Crippen molar-refractivity contribution in [2.75, 3.05) is 11.9 Å². The molecule has 0 aliphatic rings. The van der Waals surface area contributed by atoms with E-state index in [2.05, 4.69) is 47.9 Å². The SMILES string of the molecule is CCCCCCOc1ccc(C=NNC(=S)Nc2cc(C)ccc2C)cc1. The Hall–Kier alpha value is -2.40. The second kappa shape index (κ2) is 11.3. The van der Waals surface area contributed by atoms with Crippen LogP contribution in [0.5, 0.6) is 5.75 Å². The van der Waals surface area contributed by atoms with Gasteiger partial charge in [0.25, 0.3) is 0 Å². The lowest BCUT2D eigenvalue weighted by Crippen LogP contribution is -2.24. The molecule has 4 nitrogen and oxygen atoms in total. The lowest BCUT2D eigenvalue weighted by atomic mass is 10.1. The predicted molar refractivity (Wildman–Crippen MR) is 119 cm³/mol. The van der Waals surface area contributed by atoms with Gasteiger partial charge in [-0.1, -0.05) is 38.3 Å². The van der Waals surface area contributed by atoms with Crippen LogP contribution in [0.4, 0.5) is 5.69 Å². The first-order chi connectivity index (χ1) is 13.1. The summed E-state index contributed by atoms with van der Waals surface area (Å²) in [6.45, 7) is 7.08. The molecular weight excluding hydrogens is 354 g/mol. The minimum atomic E-state index is 0.465. The molecule has 0 spiro atoms. The number of hydrogen-bond donors (Lipinski definition) is 2. The number of aryl methyl sites for hydroxylation is 2. The first-order valence-corrected chi connectivity index (χ1v) is 9.89. The normalized spacial score (nSPS) is 10.8. The Morgan fingerprint density at radius 2 is 1.85 bits per heavy atom. The van der Waals surface area contributed by atoms with E-state index in [1.807, 2.05) is 31.2 Å². The van der Waals surface area contributed by atoms with Gasteiger partial charge in [0.05, 0.1) is 12.8 Å². The number of thiocarbonyl (C=S) groups is 1. The second-order valence-corrected chi connectivity index (χ2v) is 7.03. The van der Waals surface area contributed by atoms with Gasteiger partial charge < -0.3 is 10.1 Å². The summed E-state index contributed by atoms with van der Waals surface area (Å²) in [5, 5.41) is 7.83. The van der Waals surface area contributed by atoms with Gasteiger partial charge in [-0.3, -0.25) is 5.43 Å². The van der Waals surface area contributed by atoms with Crippen molar-refractivity contribution in [1.29, 1.82) is 0 Å². The number of nitrogens with zero attached hydrogens (tertiary/aromatic N) is 1. The predicted octanol–water partition coefficient (Wildman–Crippen LogP) is 5.58. The van der Waals surface area contributed by atoms with Crippen LogP contribution in [0.25, 0.3) is 0 Å². The summed E-state index contributed by atoms with van der Waals surface area (Å²) in [5.41, 5.74) is 7.14. The van der Waals surface area contributed by atoms with E-state index in [9.17, 15) is 0 Å². The first kappa shape index (κ1) is 20.9. The Balaban J connectivity index is 1.76. The lowest BCUT2D eigenvalue weighted by molar-refractivity contribution is 0.305. The lowest BCUT2D eigenvalue weighted by Gasteiger charge is -2.10. The third kappa shape index (κ3) is 7.79. The van der Waals surface area contributed by atoms with E-state index in [0.717, 1.165) is 35.6 Å². The van der Waals surface area contributed by atoms with E-state index in [4.69, 9.17) is 17.0 Å². The quantitative estimate of drug-likeness (QED) is 0.257. The van der Waals surface area contributed by atoms with Crippen molar-refractivity contribution >= 4 is 29.2 Å². The number of nitrogens with one attached hydrogen (secondary N) is 2. The van der Waals surface area contributed by atoms with Crippen LogP contribution in [-0.2, 0) is 0 Å².